The van der Waals surface area contributed by atoms with E-state index in [1.807, 2.05) is 13.1 Å². The van der Waals surface area contributed by atoms with Gasteiger partial charge in [0.25, 0.3) is 0 Å². The van der Waals surface area contributed by atoms with E-state index in [0.29, 0.717) is 25.0 Å². The molecule has 1 fully saturated rings. The number of hydrogen-bond acceptors (Lipinski definition) is 4. The Morgan fingerprint density at radius 2 is 2.31 bits per heavy atom. The van der Waals surface area contributed by atoms with Crippen LogP contribution >= 0.6 is 11.6 Å². The van der Waals surface area contributed by atoms with E-state index in [2.05, 4.69) is 4.90 Å². The van der Waals surface area contributed by atoms with E-state index in [-0.39, 0.29) is 6.10 Å². The van der Waals surface area contributed by atoms with Gasteiger partial charge in [-0.25, -0.2) is 0 Å². The quantitative estimate of drug-likeness (QED) is 0.810. The molecule has 1 saturated heterocycles. The Balaban J connectivity index is 1.77. The van der Waals surface area contributed by atoms with E-state index < -0.39 is 0 Å². The molecule has 1 aliphatic rings. The van der Waals surface area contributed by atoms with Crippen LogP contribution < -0.4 is 0 Å². The fourth-order valence-corrected chi connectivity index (χ4v) is 1.92. The standard InChI is InChI=1S/C11H16ClNO3/c1-13(6-9-2-3-11(12)16-9)7-10-8-14-4-5-15-10/h2-3,10H,4-8H2,1H3. The zero-order valence-corrected chi connectivity index (χ0v) is 10.1. The molecule has 0 spiro atoms. The van der Waals surface area contributed by atoms with Crippen LogP contribution in [0.1, 0.15) is 5.76 Å². The van der Waals surface area contributed by atoms with Crippen LogP contribution in [0.3, 0.4) is 0 Å². The van der Waals surface area contributed by atoms with Crippen LogP contribution in [-0.2, 0) is 16.0 Å². The lowest BCUT2D eigenvalue weighted by Gasteiger charge is -2.26. The van der Waals surface area contributed by atoms with Gasteiger partial charge in [-0.05, 0) is 30.8 Å². The summed E-state index contributed by atoms with van der Waals surface area (Å²) in [4.78, 5) is 2.13. The molecule has 1 unspecified atom stereocenters. The van der Waals surface area contributed by atoms with Crippen LogP contribution in [-0.4, -0.2) is 44.4 Å². The number of nitrogens with zero attached hydrogens (tertiary/aromatic N) is 1. The van der Waals surface area contributed by atoms with Crippen molar-refractivity contribution in [3.63, 3.8) is 0 Å². The molecule has 0 aromatic carbocycles. The molecule has 2 rings (SSSR count). The molecule has 2 heterocycles. The van der Waals surface area contributed by atoms with E-state index in [9.17, 15) is 0 Å². The Kier molecular flexibility index (Phi) is 4.23. The van der Waals surface area contributed by atoms with E-state index in [1.54, 1.807) is 6.07 Å². The molecule has 0 aliphatic carbocycles. The second-order valence-electron chi connectivity index (χ2n) is 3.97. The number of halogens is 1. The summed E-state index contributed by atoms with van der Waals surface area (Å²) in [6, 6.07) is 3.64. The highest BCUT2D eigenvalue weighted by molar-refractivity contribution is 6.28. The third-order valence-electron chi connectivity index (χ3n) is 2.45. The Bertz CT molecular complexity index is 323. The van der Waals surface area contributed by atoms with Gasteiger partial charge >= 0.3 is 0 Å². The maximum Gasteiger partial charge on any atom is 0.193 e. The lowest BCUT2D eigenvalue weighted by Crippen LogP contribution is -2.38. The summed E-state index contributed by atoms with van der Waals surface area (Å²) in [7, 11) is 2.02. The summed E-state index contributed by atoms with van der Waals surface area (Å²) >= 11 is 5.71. The zero-order valence-electron chi connectivity index (χ0n) is 9.32. The van der Waals surface area contributed by atoms with E-state index >= 15 is 0 Å². The normalized spacial score (nSPS) is 21.6. The average Bonchev–Trinajstić information content (AvgIpc) is 2.65. The molecule has 1 aromatic heterocycles. The first kappa shape index (κ1) is 11.9. The van der Waals surface area contributed by atoms with Gasteiger partial charge in [0.1, 0.15) is 5.76 Å². The first-order valence-electron chi connectivity index (χ1n) is 5.36. The first-order chi connectivity index (χ1) is 7.74. The van der Waals surface area contributed by atoms with Crippen molar-refractivity contribution in [3.05, 3.63) is 23.1 Å². The molecule has 0 amide bonds. The van der Waals surface area contributed by atoms with Gasteiger partial charge in [-0.2, -0.15) is 0 Å². The Morgan fingerprint density at radius 1 is 1.44 bits per heavy atom. The predicted octanol–water partition coefficient (Wildman–Crippen LogP) is 1.78. The fourth-order valence-electron chi connectivity index (χ4n) is 1.76. The number of rotatable bonds is 4. The van der Waals surface area contributed by atoms with Crippen LogP contribution in [0.2, 0.25) is 5.22 Å². The van der Waals surface area contributed by atoms with Crippen molar-refractivity contribution in [2.45, 2.75) is 12.6 Å². The maximum atomic E-state index is 5.71. The fraction of sp³-hybridized carbons (Fsp3) is 0.636. The molecule has 16 heavy (non-hydrogen) atoms. The van der Waals surface area contributed by atoms with Crippen LogP contribution in [0, 0.1) is 0 Å². The van der Waals surface area contributed by atoms with E-state index in [0.717, 1.165) is 18.8 Å². The lowest BCUT2D eigenvalue weighted by molar-refractivity contribution is -0.0965. The van der Waals surface area contributed by atoms with E-state index in [4.69, 9.17) is 25.5 Å². The van der Waals surface area contributed by atoms with Gasteiger partial charge in [-0.3, -0.25) is 4.90 Å². The number of hydrogen-bond donors (Lipinski definition) is 0. The maximum absolute atomic E-state index is 5.71. The molecule has 0 bridgehead atoms. The van der Waals surface area contributed by atoms with Gasteiger partial charge in [0.2, 0.25) is 0 Å². The summed E-state index contributed by atoms with van der Waals surface area (Å²) in [5, 5.41) is 0.431. The lowest BCUT2D eigenvalue weighted by atomic mass is 10.3. The Hall–Kier alpha value is -0.550. The molecule has 1 atom stereocenters. The predicted molar refractivity (Wildman–Crippen MR) is 60.6 cm³/mol. The van der Waals surface area contributed by atoms with Gasteiger partial charge in [-0.1, -0.05) is 0 Å². The SMILES string of the molecule is CN(Cc1ccc(Cl)o1)CC1COCCO1. The number of furan rings is 1. The van der Waals surface area contributed by atoms with Gasteiger partial charge < -0.3 is 13.9 Å². The minimum atomic E-state index is 0.157. The highest BCUT2D eigenvalue weighted by Crippen LogP contribution is 2.14. The summed E-state index contributed by atoms with van der Waals surface area (Å²) in [6.45, 7) is 3.62. The van der Waals surface area contributed by atoms with Gasteiger partial charge in [0, 0.05) is 6.54 Å². The van der Waals surface area contributed by atoms with Crippen LogP contribution in [0.4, 0.5) is 0 Å². The topological polar surface area (TPSA) is 34.8 Å². The third kappa shape index (κ3) is 3.49. The van der Waals surface area contributed by atoms with E-state index in [1.165, 1.54) is 0 Å². The Morgan fingerprint density at radius 3 is 2.94 bits per heavy atom. The molecule has 1 aliphatic heterocycles. The molecular formula is C11H16ClNO3. The highest BCUT2D eigenvalue weighted by Gasteiger charge is 2.16. The summed E-state index contributed by atoms with van der Waals surface area (Å²) in [6.07, 6.45) is 0.157. The van der Waals surface area contributed by atoms with Crippen molar-refractivity contribution < 1.29 is 13.9 Å². The van der Waals surface area contributed by atoms with Crippen molar-refractivity contribution in [1.82, 2.24) is 4.90 Å². The van der Waals surface area contributed by atoms with Crippen molar-refractivity contribution >= 4 is 11.6 Å². The summed E-state index contributed by atoms with van der Waals surface area (Å²) in [5.74, 6) is 0.865. The first-order valence-corrected chi connectivity index (χ1v) is 5.74. The Labute approximate surface area is 100 Å². The molecular weight excluding hydrogens is 230 g/mol. The largest absolute Gasteiger partial charge is 0.448 e. The molecule has 0 saturated carbocycles. The van der Waals surface area contributed by atoms with Crippen LogP contribution in [0.15, 0.2) is 16.5 Å². The van der Waals surface area contributed by atoms with Crippen molar-refractivity contribution in [2.24, 2.45) is 0 Å². The molecule has 1 aromatic rings. The van der Waals surface area contributed by atoms with Gasteiger partial charge in [-0.15, -0.1) is 0 Å². The molecule has 5 heteroatoms. The number of likely N-dealkylation sites (N-methyl/N-ethyl adjacent to an activating group) is 1. The van der Waals surface area contributed by atoms with Gasteiger partial charge in [0.05, 0.1) is 32.5 Å². The molecule has 4 nitrogen and oxygen atoms in total. The minimum absolute atomic E-state index is 0.157. The smallest absolute Gasteiger partial charge is 0.193 e. The zero-order chi connectivity index (χ0) is 11.4. The summed E-state index contributed by atoms with van der Waals surface area (Å²) in [5.41, 5.74) is 0. The second-order valence-corrected chi connectivity index (χ2v) is 4.34. The van der Waals surface area contributed by atoms with Crippen molar-refractivity contribution in [3.8, 4) is 0 Å². The monoisotopic (exact) mass is 245 g/mol. The average molecular weight is 246 g/mol. The summed E-state index contributed by atoms with van der Waals surface area (Å²) < 4.78 is 16.2. The van der Waals surface area contributed by atoms with Crippen molar-refractivity contribution in [1.29, 1.82) is 0 Å². The van der Waals surface area contributed by atoms with Crippen molar-refractivity contribution in [2.75, 3.05) is 33.4 Å². The second kappa shape index (κ2) is 5.68. The van der Waals surface area contributed by atoms with Crippen LogP contribution in [0.5, 0.6) is 0 Å². The molecule has 90 valence electrons. The van der Waals surface area contributed by atoms with Crippen LogP contribution in [0.25, 0.3) is 0 Å². The van der Waals surface area contributed by atoms with Gasteiger partial charge in [0.15, 0.2) is 5.22 Å². The molecule has 0 N–H and O–H groups in total. The third-order valence-corrected chi connectivity index (χ3v) is 2.66. The minimum Gasteiger partial charge on any atom is -0.448 e. The molecule has 0 radical (unpaired) electrons. The highest BCUT2D eigenvalue weighted by atomic mass is 35.5. The number of ether oxygens (including phenoxy) is 2.